The predicted octanol–water partition coefficient (Wildman–Crippen LogP) is 0.0881. The molecule has 58 valence electrons. The first kappa shape index (κ1) is 6.61. The van der Waals surface area contributed by atoms with Crippen molar-refractivity contribution in [3.05, 3.63) is 0 Å². The molecule has 4 heteroatoms. The molecule has 2 atom stereocenters. The summed E-state index contributed by atoms with van der Waals surface area (Å²) < 4.78 is 24.7. The van der Waals surface area contributed by atoms with Crippen LogP contribution >= 0.6 is 0 Å². The van der Waals surface area contributed by atoms with Gasteiger partial charge in [0.2, 0.25) is 10.0 Å². The Kier molecular flexibility index (Phi) is 1.29. The first-order chi connectivity index (χ1) is 4.66. The summed E-state index contributed by atoms with van der Waals surface area (Å²) in [4.78, 5) is 0. The fourth-order valence-corrected chi connectivity index (χ4v) is 3.69. The molecule has 0 radical (unpaired) electrons. The van der Waals surface area contributed by atoms with Gasteiger partial charge in [0.05, 0.1) is 5.75 Å². The highest BCUT2D eigenvalue weighted by molar-refractivity contribution is 7.89. The highest BCUT2D eigenvalue weighted by atomic mass is 32.2. The topological polar surface area (TPSA) is 46.2 Å². The molecule has 2 rings (SSSR count). The van der Waals surface area contributed by atoms with Gasteiger partial charge in [0, 0.05) is 6.04 Å². The molecule has 0 unspecified atom stereocenters. The van der Waals surface area contributed by atoms with Crippen molar-refractivity contribution in [2.45, 2.75) is 25.3 Å². The van der Waals surface area contributed by atoms with E-state index in [1.165, 1.54) is 0 Å². The van der Waals surface area contributed by atoms with Crippen LogP contribution in [0.25, 0.3) is 0 Å². The van der Waals surface area contributed by atoms with Crippen LogP contribution in [0.3, 0.4) is 0 Å². The molecule has 1 saturated carbocycles. The maximum atomic E-state index is 11.0. The Labute approximate surface area is 60.9 Å². The van der Waals surface area contributed by atoms with E-state index < -0.39 is 10.0 Å². The van der Waals surface area contributed by atoms with Crippen LogP contribution < -0.4 is 4.72 Å². The minimum absolute atomic E-state index is 0.267. The summed E-state index contributed by atoms with van der Waals surface area (Å²) in [6.07, 6.45) is 3.21. The molecule has 1 aliphatic carbocycles. The number of nitrogens with one attached hydrogen (secondary N) is 1. The van der Waals surface area contributed by atoms with E-state index in [2.05, 4.69) is 4.72 Å². The minimum Gasteiger partial charge on any atom is -0.212 e. The lowest BCUT2D eigenvalue weighted by Crippen LogP contribution is -2.39. The van der Waals surface area contributed by atoms with Crippen LogP contribution in [0.15, 0.2) is 0 Å². The molecule has 0 aromatic rings. The molecule has 1 saturated heterocycles. The van der Waals surface area contributed by atoms with Crippen LogP contribution in [-0.4, -0.2) is 20.2 Å². The summed E-state index contributed by atoms with van der Waals surface area (Å²) >= 11 is 0. The highest BCUT2D eigenvalue weighted by Gasteiger charge is 2.35. The molecule has 2 fully saturated rings. The van der Waals surface area contributed by atoms with Gasteiger partial charge in [-0.15, -0.1) is 0 Å². The fraction of sp³-hybridized carbons (Fsp3) is 1.00. The van der Waals surface area contributed by atoms with Crippen molar-refractivity contribution < 1.29 is 8.42 Å². The van der Waals surface area contributed by atoms with Crippen molar-refractivity contribution in [1.82, 2.24) is 4.72 Å². The molecule has 0 aromatic carbocycles. The van der Waals surface area contributed by atoms with E-state index in [9.17, 15) is 8.42 Å². The van der Waals surface area contributed by atoms with Crippen LogP contribution in [0.2, 0.25) is 0 Å². The van der Waals surface area contributed by atoms with E-state index >= 15 is 0 Å². The van der Waals surface area contributed by atoms with Gasteiger partial charge >= 0.3 is 0 Å². The van der Waals surface area contributed by atoms with E-state index in [0.717, 1.165) is 19.3 Å². The molecule has 1 N–H and O–H groups in total. The van der Waals surface area contributed by atoms with Crippen LogP contribution in [0.4, 0.5) is 0 Å². The van der Waals surface area contributed by atoms with Crippen molar-refractivity contribution in [2.24, 2.45) is 5.92 Å². The largest absolute Gasteiger partial charge is 0.212 e. The normalized spacial score (nSPS) is 43.6. The summed E-state index contributed by atoms with van der Waals surface area (Å²) in [6.45, 7) is 0. The molecular weight excluding hydrogens is 150 g/mol. The zero-order valence-electron chi connectivity index (χ0n) is 5.71. The molecular formula is C6H11NO2S. The van der Waals surface area contributed by atoms with E-state index in [0.29, 0.717) is 11.7 Å². The van der Waals surface area contributed by atoms with Crippen LogP contribution in [-0.2, 0) is 10.0 Å². The second-order valence-corrected chi connectivity index (χ2v) is 5.07. The Hall–Kier alpha value is -0.0900. The Morgan fingerprint density at radius 1 is 1.30 bits per heavy atom. The molecule has 1 heterocycles. The number of hydrogen-bond donors (Lipinski definition) is 1. The van der Waals surface area contributed by atoms with Crippen molar-refractivity contribution >= 4 is 10.0 Å². The van der Waals surface area contributed by atoms with Crippen LogP contribution in [0, 0.1) is 5.92 Å². The molecule has 3 nitrogen and oxygen atoms in total. The quantitative estimate of drug-likeness (QED) is 0.547. The van der Waals surface area contributed by atoms with E-state index in [4.69, 9.17) is 0 Å². The first-order valence-electron chi connectivity index (χ1n) is 3.66. The molecule has 0 aromatic heterocycles. The fourth-order valence-electron chi connectivity index (χ4n) is 1.95. The Morgan fingerprint density at radius 3 is 2.80 bits per heavy atom. The minimum atomic E-state index is -2.87. The standard InChI is InChI=1S/C6H11NO2S/c8-10(9)4-5-1-2-6(3-5)7-10/h5-7H,1-4H2/t5-,6+/m0/s1. The summed E-state index contributed by atoms with van der Waals surface area (Å²) in [7, 11) is -2.87. The van der Waals surface area contributed by atoms with Crippen LogP contribution in [0.5, 0.6) is 0 Å². The lowest BCUT2D eigenvalue weighted by molar-refractivity contribution is 0.497. The Balaban J connectivity index is 2.25. The summed E-state index contributed by atoms with van der Waals surface area (Å²) in [5.74, 6) is 0.819. The van der Waals surface area contributed by atoms with E-state index in [-0.39, 0.29) is 6.04 Å². The average molecular weight is 161 g/mol. The van der Waals surface area contributed by atoms with Gasteiger partial charge in [0.15, 0.2) is 0 Å². The van der Waals surface area contributed by atoms with Crippen molar-refractivity contribution in [1.29, 1.82) is 0 Å². The Morgan fingerprint density at radius 2 is 2.10 bits per heavy atom. The molecule has 0 amide bonds. The van der Waals surface area contributed by atoms with Gasteiger partial charge in [0.25, 0.3) is 0 Å². The van der Waals surface area contributed by atoms with Gasteiger partial charge in [-0.2, -0.15) is 0 Å². The SMILES string of the molecule is O=S1(=O)C[C@H]2CC[C@H](C2)N1. The van der Waals surface area contributed by atoms with Gasteiger partial charge < -0.3 is 0 Å². The third-order valence-electron chi connectivity index (χ3n) is 2.34. The molecule has 10 heavy (non-hydrogen) atoms. The summed E-state index contributed by atoms with van der Waals surface area (Å²) in [5, 5.41) is 0. The van der Waals surface area contributed by atoms with Gasteiger partial charge in [-0.3, -0.25) is 0 Å². The zero-order valence-corrected chi connectivity index (χ0v) is 6.52. The lowest BCUT2D eigenvalue weighted by Gasteiger charge is -2.19. The second-order valence-electron chi connectivity index (χ2n) is 3.28. The number of hydrogen-bond acceptors (Lipinski definition) is 2. The van der Waals surface area contributed by atoms with Crippen molar-refractivity contribution in [3.8, 4) is 0 Å². The van der Waals surface area contributed by atoms with Gasteiger partial charge in [-0.05, 0) is 25.2 Å². The second kappa shape index (κ2) is 1.95. The third kappa shape index (κ3) is 1.06. The Bertz CT molecular complexity index is 216. The summed E-state index contributed by atoms with van der Waals surface area (Å²) in [5.41, 5.74) is 0. The number of rotatable bonds is 0. The third-order valence-corrected chi connectivity index (χ3v) is 3.95. The molecule has 2 bridgehead atoms. The predicted molar refractivity (Wildman–Crippen MR) is 38.1 cm³/mol. The van der Waals surface area contributed by atoms with Gasteiger partial charge in [-0.1, -0.05) is 0 Å². The number of sulfonamides is 1. The van der Waals surface area contributed by atoms with Gasteiger partial charge in [0.1, 0.15) is 0 Å². The zero-order chi connectivity index (χ0) is 7.19. The summed E-state index contributed by atoms with van der Waals surface area (Å²) in [6, 6.07) is 0.267. The molecule has 0 spiro atoms. The lowest BCUT2D eigenvalue weighted by atomic mass is 10.1. The average Bonchev–Trinajstić information content (AvgIpc) is 2.08. The van der Waals surface area contributed by atoms with Gasteiger partial charge in [-0.25, -0.2) is 13.1 Å². The van der Waals surface area contributed by atoms with Crippen molar-refractivity contribution in [2.75, 3.05) is 5.75 Å². The maximum absolute atomic E-state index is 11.0. The first-order valence-corrected chi connectivity index (χ1v) is 5.31. The molecule has 1 aliphatic heterocycles. The van der Waals surface area contributed by atoms with Crippen molar-refractivity contribution in [3.63, 3.8) is 0 Å². The monoisotopic (exact) mass is 161 g/mol. The van der Waals surface area contributed by atoms with E-state index in [1.54, 1.807) is 0 Å². The maximum Gasteiger partial charge on any atom is 0.212 e. The van der Waals surface area contributed by atoms with E-state index in [1.807, 2.05) is 0 Å². The highest BCUT2D eigenvalue weighted by Crippen LogP contribution is 2.30. The smallest absolute Gasteiger partial charge is 0.212 e. The number of fused-ring (bicyclic) bond motifs is 2. The van der Waals surface area contributed by atoms with Crippen LogP contribution in [0.1, 0.15) is 19.3 Å². The molecule has 2 aliphatic rings.